The van der Waals surface area contributed by atoms with Gasteiger partial charge in [-0.1, -0.05) is 26.7 Å². The van der Waals surface area contributed by atoms with Crippen molar-refractivity contribution in [2.75, 3.05) is 24.6 Å². The van der Waals surface area contributed by atoms with E-state index in [-0.39, 0.29) is 5.54 Å². The van der Waals surface area contributed by atoms with Crippen LogP contribution in [0.2, 0.25) is 0 Å². The van der Waals surface area contributed by atoms with Crippen molar-refractivity contribution in [1.29, 1.82) is 0 Å². The molecule has 0 saturated carbocycles. The van der Waals surface area contributed by atoms with Crippen LogP contribution in [0.5, 0.6) is 0 Å². The van der Waals surface area contributed by atoms with Gasteiger partial charge >= 0.3 is 0 Å². The zero-order chi connectivity index (χ0) is 12.2. The van der Waals surface area contributed by atoms with E-state index in [1.54, 1.807) is 0 Å². The van der Waals surface area contributed by atoms with Crippen LogP contribution in [-0.2, 0) is 9.84 Å². The van der Waals surface area contributed by atoms with Crippen LogP contribution in [0.4, 0.5) is 0 Å². The van der Waals surface area contributed by atoms with E-state index in [1.807, 2.05) is 0 Å². The Labute approximate surface area is 100 Å². The van der Waals surface area contributed by atoms with Gasteiger partial charge in [-0.3, -0.25) is 4.90 Å². The maximum atomic E-state index is 11.4. The van der Waals surface area contributed by atoms with Crippen molar-refractivity contribution in [3.63, 3.8) is 0 Å². The molecule has 1 rings (SSSR count). The van der Waals surface area contributed by atoms with Crippen molar-refractivity contribution in [3.8, 4) is 0 Å². The van der Waals surface area contributed by atoms with Gasteiger partial charge in [-0.2, -0.15) is 0 Å². The second-order valence-corrected chi connectivity index (χ2v) is 7.40. The zero-order valence-electron chi connectivity index (χ0n) is 10.8. The summed E-state index contributed by atoms with van der Waals surface area (Å²) in [7, 11) is -2.75. The van der Waals surface area contributed by atoms with Gasteiger partial charge in [0.15, 0.2) is 9.84 Å². The molecule has 1 unspecified atom stereocenters. The van der Waals surface area contributed by atoms with E-state index in [4.69, 9.17) is 0 Å². The molecule has 0 radical (unpaired) electrons. The normalized spacial score (nSPS) is 25.2. The molecular formula is C12H25NO2S. The van der Waals surface area contributed by atoms with Gasteiger partial charge in [0.1, 0.15) is 0 Å². The third-order valence-corrected chi connectivity index (χ3v) is 5.55. The first-order valence-corrected chi connectivity index (χ1v) is 8.21. The maximum Gasteiger partial charge on any atom is 0.152 e. The Morgan fingerprint density at radius 2 is 1.75 bits per heavy atom. The van der Waals surface area contributed by atoms with Crippen molar-refractivity contribution in [1.82, 2.24) is 4.90 Å². The summed E-state index contributed by atoms with van der Waals surface area (Å²) in [6.07, 6.45) is 4.72. The molecule has 0 spiro atoms. The van der Waals surface area contributed by atoms with E-state index < -0.39 is 9.84 Å². The van der Waals surface area contributed by atoms with E-state index in [9.17, 15) is 8.42 Å². The highest BCUT2D eigenvalue weighted by atomic mass is 32.2. The van der Waals surface area contributed by atoms with E-state index in [1.165, 1.54) is 19.3 Å². The minimum Gasteiger partial charge on any atom is -0.296 e. The largest absolute Gasteiger partial charge is 0.296 e. The van der Waals surface area contributed by atoms with Crippen molar-refractivity contribution in [2.24, 2.45) is 0 Å². The number of rotatable bonds is 5. The first-order chi connectivity index (χ1) is 7.43. The van der Waals surface area contributed by atoms with Gasteiger partial charge in [-0.05, 0) is 19.8 Å². The predicted molar refractivity (Wildman–Crippen MR) is 68.4 cm³/mol. The van der Waals surface area contributed by atoms with E-state index in [0.29, 0.717) is 11.5 Å². The quantitative estimate of drug-likeness (QED) is 0.746. The van der Waals surface area contributed by atoms with Crippen LogP contribution in [0.1, 0.15) is 46.5 Å². The molecule has 1 atom stereocenters. The predicted octanol–water partition coefficient (Wildman–Crippen LogP) is 2.08. The highest BCUT2D eigenvalue weighted by Gasteiger charge is 2.33. The first-order valence-electron chi connectivity index (χ1n) is 6.39. The van der Waals surface area contributed by atoms with E-state index >= 15 is 0 Å². The number of unbranched alkanes of at least 4 members (excludes halogenated alkanes) is 1. The molecule has 1 saturated heterocycles. The van der Waals surface area contributed by atoms with Crippen molar-refractivity contribution in [2.45, 2.75) is 52.0 Å². The molecule has 0 aromatic carbocycles. The molecule has 0 aromatic heterocycles. The second-order valence-electron chi connectivity index (χ2n) is 5.09. The standard InChI is InChI=1S/C12H25NO2S/c1-4-6-7-12(3,5-2)13-8-10-16(14,15)11-9-13/h4-11H2,1-3H3. The minimum atomic E-state index is -2.75. The van der Waals surface area contributed by atoms with Crippen LogP contribution < -0.4 is 0 Å². The van der Waals surface area contributed by atoms with Crippen LogP contribution in [0, 0.1) is 0 Å². The lowest BCUT2D eigenvalue weighted by atomic mass is 9.90. The third kappa shape index (κ3) is 3.45. The van der Waals surface area contributed by atoms with Crippen LogP contribution in [0.3, 0.4) is 0 Å². The van der Waals surface area contributed by atoms with Crippen LogP contribution >= 0.6 is 0 Å². The van der Waals surface area contributed by atoms with Gasteiger partial charge < -0.3 is 0 Å². The summed E-state index contributed by atoms with van der Waals surface area (Å²) in [5, 5.41) is 0. The molecule has 1 aliphatic heterocycles. The summed E-state index contributed by atoms with van der Waals surface area (Å²) in [6, 6.07) is 0. The lowest BCUT2D eigenvalue weighted by Crippen LogP contribution is -2.52. The molecule has 96 valence electrons. The van der Waals surface area contributed by atoms with Crippen molar-refractivity contribution < 1.29 is 8.42 Å². The highest BCUT2D eigenvalue weighted by molar-refractivity contribution is 7.91. The molecular weight excluding hydrogens is 222 g/mol. The summed E-state index contributed by atoms with van der Waals surface area (Å²) in [5.41, 5.74) is 0.200. The van der Waals surface area contributed by atoms with Gasteiger partial charge in [0.25, 0.3) is 0 Å². The van der Waals surface area contributed by atoms with Gasteiger partial charge in [0, 0.05) is 18.6 Å². The monoisotopic (exact) mass is 247 g/mol. The number of hydrogen-bond acceptors (Lipinski definition) is 3. The Morgan fingerprint density at radius 1 is 1.19 bits per heavy atom. The molecule has 0 amide bonds. The van der Waals surface area contributed by atoms with Gasteiger partial charge in [-0.15, -0.1) is 0 Å². The van der Waals surface area contributed by atoms with Crippen LogP contribution in [0.25, 0.3) is 0 Å². The highest BCUT2D eigenvalue weighted by Crippen LogP contribution is 2.27. The summed E-state index contributed by atoms with van der Waals surface area (Å²) in [6.45, 7) is 8.13. The molecule has 1 heterocycles. The van der Waals surface area contributed by atoms with Crippen LogP contribution in [-0.4, -0.2) is 43.5 Å². The molecule has 1 fully saturated rings. The summed E-state index contributed by atoms with van der Waals surface area (Å²) in [5.74, 6) is 0.684. The average molecular weight is 247 g/mol. The van der Waals surface area contributed by atoms with Crippen molar-refractivity contribution in [3.05, 3.63) is 0 Å². The number of sulfone groups is 1. The molecule has 0 aromatic rings. The fourth-order valence-corrected chi connectivity index (χ4v) is 3.57. The molecule has 0 N–H and O–H groups in total. The Balaban J connectivity index is 2.61. The Kier molecular flexibility index (Phi) is 4.80. The second kappa shape index (κ2) is 5.50. The molecule has 0 bridgehead atoms. The van der Waals surface area contributed by atoms with E-state index in [2.05, 4.69) is 25.7 Å². The molecule has 16 heavy (non-hydrogen) atoms. The third-order valence-electron chi connectivity index (χ3n) is 3.94. The van der Waals surface area contributed by atoms with E-state index in [0.717, 1.165) is 19.5 Å². The molecule has 4 heteroatoms. The van der Waals surface area contributed by atoms with Crippen molar-refractivity contribution >= 4 is 9.84 Å². The summed E-state index contributed by atoms with van der Waals surface area (Å²) in [4.78, 5) is 2.38. The summed E-state index contributed by atoms with van der Waals surface area (Å²) >= 11 is 0. The molecule has 0 aliphatic carbocycles. The maximum absolute atomic E-state index is 11.4. The van der Waals surface area contributed by atoms with Gasteiger partial charge in [0.2, 0.25) is 0 Å². The SMILES string of the molecule is CCCCC(C)(CC)N1CCS(=O)(=O)CC1. The van der Waals surface area contributed by atoms with Gasteiger partial charge in [-0.25, -0.2) is 8.42 Å². The number of hydrogen-bond donors (Lipinski definition) is 0. The zero-order valence-corrected chi connectivity index (χ0v) is 11.6. The average Bonchev–Trinajstić information content (AvgIpc) is 2.26. The lowest BCUT2D eigenvalue weighted by Gasteiger charge is -2.43. The Morgan fingerprint density at radius 3 is 2.19 bits per heavy atom. The van der Waals surface area contributed by atoms with Gasteiger partial charge in [0.05, 0.1) is 11.5 Å². The minimum absolute atomic E-state index is 0.200. The smallest absolute Gasteiger partial charge is 0.152 e. The van der Waals surface area contributed by atoms with Crippen LogP contribution in [0.15, 0.2) is 0 Å². The topological polar surface area (TPSA) is 37.4 Å². The first kappa shape index (κ1) is 14.0. The Hall–Kier alpha value is -0.0900. The summed E-state index contributed by atoms with van der Waals surface area (Å²) < 4.78 is 22.8. The molecule has 3 nitrogen and oxygen atoms in total. The fraction of sp³-hybridized carbons (Fsp3) is 1.00. The Bertz CT molecular complexity index is 299. The fourth-order valence-electron chi connectivity index (χ4n) is 2.37. The molecule has 1 aliphatic rings. The lowest BCUT2D eigenvalue weighted by molar-refractivity contribution is 0.0977. The number of nitrogens with zero attached hydrogens (tertiary/aromatic N) is 1.